The predicted octanol–water partition coefficient (Wildman–Crippen LogP) is -0.208. The Morgan fingerprint density at radius 3 is 1.73 bits per heavy atom. The number of carboxylic acids is 2. The predicted molar refractivity (Wildman–Crippen MR) is 265 cm³/mol. The van der Waals surface area contributed by atoms with Crippen LogP contribution >= 0.6 is 11.8 Å². The molecule has 1 fully saturated rings. The summed E-state index contributed by atoms with van der Waals surface area (Å²) in [7, 11) is 0. The van der Waals surface area contributed by atoms with E-state index in [0.717, 1.165) is 0 Å². The number of hydrogen-bond donors (Lipinski definition) is 11. The number of aliphatic hydroxyl groups is 1. The molecule has 0 radical (unpaired) electrons. The lowest BCUT2D eigenvalue weighted by molar-refractivity contribution is -0.143. The third-order valence-electron chi connectivity index (χ3n) is 12.4. The van der Waals surface area contributed by atoms with Crippen LogP contribution in [0.1, 0.15) is 106 Å². The van der Waals surface area contributed by atoms with Crippen molar-refractivity contribution in [3.63, 3.8) is 0 Å². The number of likely N-dealkylation sites (tertiary alicyclic amines) is 1. The number of nitrogens with zero attached hydrogens (tertiary/aromatic N) is 1. The summed E-state index contributed by atoms with van der Waals surface area (Å²) in [4.78, 5) is 135. The van der Waals surface area contributed by atoms with E-state index in [1.165, 1.54) is 30.5 Å². The number of rotatable bonds is 30. The van der Waals surface area contributed by atoms with Gasteiger partial charge in [-0.2, -0.15) is 11.8 Å². The highest BCUT2D eigenvalue weighted by Crippen LogP contribution is 2.21. The molecule has 23 heteroatoms. The zero-order chi connectivity index (χ0) is 53.7. The summed E-state index contributed by atoms with van der Waals surface area (Å²) in [5.41, 5.74) is 6.80. The van der Waals surface area contributed by atoms with E-state index >= 15 is 0 Å². The van der Waals surface area contributed by atoms with Gasteiger partial charge in [-0.1, -0.05) is 84.7 Å². The maximum absolute atomic E-state index is 14.1. The summed E-state index contributed by atoms with van der Waals surface area (Å²) in [6.45, 7) is 13.3. The van der Waals surface area contributed by atoms with Gasteiger partial charge in [0.05, 0.1) is 18.6 Å². The topological polar surface area (TPSA) is 345 Å². The Bertz CT molecular complexity index is 1990. The summed E-state index contributed by atoms with van der Waals surface area (Å²) in [5, 5.41) is 47.6. The highest BCUT2D eigenvalue weighted by atomic mass is 32.2. The van der Waals surface area contributed by atoms with Crippen LogP contribution in [-0.2, 0) is 54.4 Å². The van der Waals surface area contributed by atoms with Crippen LogP contribution in [0.5, 0.6) is 0 Å². The van der Waals surface area contributed by atoms with E-state index in [9.17, 15) is 63.3 Å². The van der Waals surface area contributed by atoms with E-state index in [2.05, 4.69) is 37.2 Å². The van der Waals surface area contributed by atoms with Crippen LogP contribution in [0.15, 0.2) is 30.3 Å². The van der Waals surface area contributed by atoms with Gasteiger partial charge in [-0.25, -0.2) is 4.79 Å². The standard InChI is InChI=1S/C48H77N9O13S/c1-10-26(5)37(44(65)50-28(7)40(61)56-39(29(8)58)46(67)55-38(27(6)11-2)45(66)51-32(48(69)70)19-21-71-9)54-42(63)34(24-36(59)60)52-41(62)33(23-30-16-13-12-14-17-30)53-43(64)35-18-15-20-57(35)47(68)31(49)22-25(3)4/h12-14,16-17,25-29,31-35,37-39,58H,10-11,15,18-24,49H2,1-9H3,(H,50,65)(H,51,66)(H,52,62)(H,53,64)(H,54,63)(H,55,67)(H,56,61)(H,59,60)(H,69,70)/t26-,27-,28-,29+,31-,32-,33-,34-,35-,37-,38-,39-/m0/s1. The van der Waals surface area contributed by atoms with Crippen molar-refractivity contribution in [1.82, 2.24) is 42.1 Å². The molecular weight excluding hydrogens is 943 g/mol. The SMILES string of the molecule is CC[C@H](C)[C@H](NC(=O)[C@H](CC(=O)O)NC(=O)[C@H](Cc1ccccc1)NC(=O)[C@@H]1CCCN1C(=O)[C@@H](N)CC(C)C)C(=O)N[C@@H](C)C(=O)N[C@H](C(=O)N[C@H](C(=O)N[C@@H](CCSC)C(=O)O)[C@@H](C)CC)[C@@H](C)O. The Kier molecular flexibility index (Phi) is 26.0. The van der Waals surface area contributed by atoms with Gasteiger partial charge in [-0.05, 0) is 74.9 Å². The van der Waals surface area contributed by atoms with E-state index < -0.39 is 138 Å². The Morgan fingerprint density at radius 2 is 1.21 bits per heavy atom. The molecule has 398 valence electrons. The molecule has 1 aromatic carbocycles. The molecule has 0 bridgehead atoms. The number of nitrogens with one attached hydrogen (secondary N) is 7. The van der Waals surface area contributed by atoms with Crippen molar-refractivity contribution in [2.45, 2.75) is 167 Å². The number of aliphatic hydroxyl groups excluding tert-OH is 1. The Labute approximate surface area is 420 Å². The van der Waals surface area contributed by atoms with Crippen LogP contribution in [0.4, 0.5) is 0 Å². The van der Waals surface area contributed by atoms with Gasteiger partial charge in [-0.3, -0.25) is 43.2 Å². The van der Waals surface area contributed by atoms with Crippen LogP contribution in [0.2, 0.25) is 0 Å². The highest BCUT2D eigenvalue weighted by Gasteiger charge is 2.40. The molecule has 0 unspecified atom stereocenters. The van der Waals surface area contributed by atoms with Gasteiger partial charge in [0.25, 0.3) is 0 Å². The number of amides is 8. The first-order chi connectivity index (χ1) is 33.4. The third-order valence-corrected chi connectivity index (χ3v) is 13.1. The summed E-state index contributed by atoms with van der Waals surface area (Å²) in [5.74, 6) is -9.93. The van der Waals surface area contributed by atoms with Gasteiger partial charge in [0, 0.05) is 13.0 Å². The summed E-state index contributed by atoms with van der Waals surface area (Å²) in [6, 6.07) is -3.24. The maximum atomic E-state index is 14.1. The molecule has 0 aliphatic carbocycles. The van der Waals surface area contributed by atoms with Gasteiger partial charge in [0.15, 0.2) is 0 Å². The molecule has 1 aliphatic rings. The van der Waals surface area contributed by atoms with Gasteiger partial charge in [0.2, 0.25) is 47.3 Å². The number of thioether (sulfide) groups is 1. The lowest BCUT2D eigenvalue weighted by atomic mass is 9.96. The zero-order valence-corrected chi connectivity index (χ0v) is 43.1. The highest BCUT2D eigenvalue weighted by molar-refractivity contribution is 7.98. The first-order valence-electron chi connectivity index (χ1n) is 24.2. The average molecular weight is 1020 g/mol. The number of carboxylic acid groups (broad SMARTS) is 2. The van der Waals surface area contributed by atoms with E-state index in [1.807, 2.05) is 13.8 Å². The van der Waals surface area contributed by atoms with Crippen LogP contribution < -0.4 is 43.0 Å². The smallest absolute Gasteiger partial charge is 0.326 e. The lowest BCUT2D eigenvalue weighted by Gasteiger charge is -2.30. The Morgan fingerprint density at radius 1 is 0.690 bits per heavy atom. The minimum atomic E-state index is -1.77. The zero-order valence-electron chi connectivity index (χ0n) is 42.3. The molecule has 1 heterocycles. The van der Waals surface area contributed by atoms with E-state index in [4.69, 9.17) is 5.73 Å². The van der Waals surface area contributed by atoms with E-state index in [-0.39, 0.29) is 25.3 Å². The van der Waals surface area contributed by atoms with Gasteiger partial charge >= 0.3 is 11.9 Å². The van der Waals surface area contributed by atoms with Gasteiger partial charge in [0.1, 0.15) is 48.3 Å². The number of carbonyl (C=O) groups is 10. The van der Waals surface area contributed by atoms with Crippen molar-refractivity contribution in [2.24, 2.45) is 23.5 Å². The number of carbonyl (C=O) groups excluding carboxylic acids is 8. The molecule has 1 saturated heterocycles. The van der Waals surface area contributed by atoms with Crippen LogP contribution in [0, 0.1) is 17.8 Å². The summed E-state index contributed by atoms with van der Waals surface area (Å²) >= 11 is 1.39. The maximum Gasteiger partial charge on any atom is 0.326 e. The normalized spacial score (nSPS) is 18.1. The first kappa shape index (κ1) is 61.3. The number of nitrogens with two attached hydrogens (primary N) is 1. The number of benzene rings is 1. The molecule has 22 nitrogen and oxygen atoms in total. The quantitative estimate of drug-likeness (QED) is 0.0475. The molecule has 0 spiro atoms. The number of aliphatic carboxylic acids is 2. The van der Waals surface area contributed by atoms with Gasteiger partial charge in [-0.15, -0.1) is 0 Å². The van der Waals surface area contributed by atoms with Crippen LogP contribution in [0.3, 0.4) is 0 Å². The average Bonchev–Trinajstić information content (AvgIpc) is 3.81. The van der Waals surface area contributed by atoms with Crippen LogP contribution in [0.25, 0.3) is 0 Å². The van der Waals surface area contributed by atoms with E-state index in [1.54, 1.807) is 64.3 Å². The van der Waals surface area contributed by atoms with Crippen molar-refractivity contribution in [2.75, 3.05) is 18.6 Å². The van der Waals surface area contributed by atoms with Crippen molar-refractivity contribution < 1.29 is 63.3 Å². The van der Waals surface area contributed by atoms with Gasteiger partial charge < -0.3 is 63.2 Å². The van der Waals surface area contributed by atoms with Crippen molar-refractivity contribution >= 4 is 71.0 Å². The first-order valence-corrected chi connectivity index (χ1v) is 25.6. The molecule has 0 aromatic heterocycles. The molecule has 12 atom stereocenters. The molecule has 0 saturated carbocycles. The molecule has 1 aliphatic heterocycles. The summed E-state index contributed by atoms with van der Waals surface area (Å²) < 4.78 is 0. The molecule has 12 N–H and O–H groups in total. The second-order valence-corrected chi connectivity index (χ2v) is 19.7. The largest absolute Gasteiger partial charge is 0.481 e. The Hall–Kier alpha value is -5.81. The van der Waals surface area contributed by atoms with E-state index in [0.29, 0.717) is 43.4 Å². The third kappa shape index (κ3) is 19.7. The molecule has 8 amide bonds. The second-order valence-electron chi connectivity index (χ2n) is 18.7. The molecule has 71 heavy (non-hydrogen) atoms. The summed E-state index contributed by atoms with van der Waals surface area (Å²) in [6.07, 6.45) is 1.27. The van der Waals surface area contributed by atoms with Crippen molar-refractivity contribution in [3.05, 3.63) is 35.9 Å². The fourth-order valence-corrected chi connectivity index (χ4v) is 8.29. The van der Waals surface area contributed by atoms with Crippen molar-refractivity contribution in [1.29, 1.82) is 0 Å². The lowest BCUT2D eigenvalue weighted by Crippen LogP contribution is -2.62. The number of hydrogen-bond acceptors (Lipinski definition) is 13. The molecule has 2 rings (SSSR count). The fraction of sp³-hybridized carbons (Fsp3) is 0.667. The van der Waals surface area contributed by atoms with Crippen LogP contribution in [-0.4, -0.2) is 158 Å². The fourth-order valence-electron chi connectivity index (χ4n) is 7.82. The molecule has 1 aromatic rings. The van der Waals surface area contributed by atoms with Crippen molar-refractivity contribution in [3.8, 4) is 0 Å². The minimum absolute atomic E-state index is 0.0811. The Balaban J connectivity index is 2.30. The second kappa shape index (κ2) is 30.2. The monoisotopic (exact) mass is 1020 g/mol. The molecular formula is C48H77N9O13S. The minimum Gasteiger partial charge on any atom is -0.481 e.